The topological polar surface area (TPSA) is 105 Å². The third kappa shape index (κ3) is 3.80. The van der Waals surface area contributed by atoms with Gasteiger partial charge in [0.15, 0.2) is 0 Å². The van der Waals surface area contributed by atoms with Crippen molar-refractivity contribution in [3.05, 3.63) is 34.1 Å². The first-order valence-electron chi connectivity index (χ1n) is 4.90. The smallest absolute Gasteiger partial charge is 0.300 e. The second-order valence-corrected chi connectivity index (χ2v) is 4.15. The van der Waals surface area contributed by atoms with Gasteiger partial charge in [0.2, 0.25) is 0 Å². The minimum atomic E-state index is -1.07. The van der Waals surface area contributed by atoms with Gasteiger partial charge in [-0.15, -0.1) is 0 Å². The highest BCUT2D eigenvalue weighted by molar-refractivity contribution is 5.97. The standard InChI is InChI=1S/C10H13N3O4/c1-10(2,15)6-12-9(14)7-3-4-11-5-8(7)13(16)17/h3-5,15H,6H2,1-2H3,(H,12,14). The molecule has 1 aromatic heterocycles. The van der Waals surface area contributed by atoms with Crippen LogP contribution < -0.4 is 5.32 Å². The van der Waals surface area contributed by atoms with Crippen molar-refractivity contribution in [1.29, 1.82) is 0 Å². The molecule has 7 heteroatoms. The summed E-state index contributed by atoms with van der Waals surface area (Å²) in [5.74, 6) is -0.610. The van der Waals surface area contributed by atoms with E-state index in [0.717, 1.165) is 6.20 Å². The number of pyridine rings is 1. The minimum Gasteiger partial charge on any atom is -0.389 e. The second-order valence-electron chi connectivity index (χ2n) is 4.15. The maximum Gasteiger partial charge on any atom is 0.300 e. The predicted molar refractivity (Wildman–Crippen MR) is 59.5 cm³/mol. The molecular weight excluding hydrogens is 226 g/mol. The number of aromatic nitrogens is 1. The third-order valence-corrected chi connectivity index (χ3v) is 1.92. The number of carbonyl (C=O) groups excluding carboxylic acids is 1. The molecule has 0 aliphatic carbocycles. The molecule has 1 aromatic rings. The molecule has 0 spiro atoms. The van der Waals surface area contributed by atoms with Gasteiger partial charge in [-0.2, -0.15) is 0 Å². The first-order chi connectivity index (χ1) is 7.81. The molecule has 7 nitrogen and oxygen atoms in total. The van der Waals surface area contributed by atoms with E-state index >= 15 is 0 Å². The summed E-state index contributed by atoms with van der Waals surface area (Å²) in [4.78, 5) is 25.2. The van der Waals surface area contributed by atoms with Gasteiger partial charge in [-0.3, -0.25) is 19.9 Å². The zero-order valence-electron chi connectivity index (χ0n) is 9.51. The Hall–Kier alpha value is -2.02. The van der Waals surface area contributed by atoms with Gasteiger partial charge in [0.25, 0.3) is 11.6 Å². The fraction of sp³-hybridized carbons (Fsp3) is 0.400. The average molecular weight is 239 g/mol. The van der Waals surface area contributed by atoms with E-state index in [4.69, 9.17) is 0 Å². The van der Waals surface area contributed by atoms with Gasteiger partial charge in [-0.1, -0.05) is 0 Å². The summed E-state index contributed by atoms with van der Waals surface area (Å²) in [6.07, 6.45) is 2.31. The molecule has 17 heavy (non-hydrogen) atoms. The van der Waals surface area contributed by atoms with E-state index in [0.29, 0.717) is 0 Å². The average Bonchev–Trinajstić information content (AvgIpc) is 2.25. The van der Waals surface area contributed by atoms with E-state index in [1.165, 1.54) is 26.1 Å². The van der Waals surface area contributed by atoms with Crippen LogP contribution >= 0.6 is 0 Å². The Morgan fingerprint density at radius 1 is 1.65 bits per heavy atom. The molecule has 1 amide bonds. The molecule has 0 radical (unpaired) electrons. The lowest BCUT2D eigenvalue weighted by atomic mass is 10.1. The summed E-state index contributed by atoms with van der Waals surface area (Å²) in [6, 6.07) is 1.26. The first-order valence-corrected chi connectivity index (χ1v) is 4.90. The van der Waals surface area contributed by atoms with Crippen LogP contribution in [0.15, 0.2) is 18.5 Å². The fourth-order valence-electron chi connectivity index (χ4n) is 1.12. The number of nitrogens with one attached hydrogen (secondary N) is 1. The van der Waals surface area contributed by atoms with E-state index in [-0.39, 0.29) is 17.8 Å². The summed E-state index contributed by atoms with van der Waals surface area (Å²) in [7, 11) is 0. The summed E-state index contributed by atoms with van der Waals surface area (Å²) >= 11 is 0. The molecule has 0 aromatic carbocycles. The quantitative estimate of drug-likeness (QED) is 0.587. The number of carbonyl (C=O) groups is 1. The number of nitrogens with zero attached hydrogens (tertiary/aromatic N) is 2. The van der Waals surface area contributed by atoms with Crippen LogP contribution in [0.25, 0.3) is 0 Å². The lowest BCUT2D eigenvalue weighted by molar-refractivity contribution is -0.385. The van der Waals surface area contributed by atoms with Crippen molar-refractivity contribution in [1.82, 2.24) is 10.3 Å². The Bertz CT molecular complexity index is 439. The van der Waals surface area contributed by atoms with Gasteiger partial charge in [0.05, 0.1) is 10.5 Å². The van der Waals surface area contributed by atoms with Crippen molar-refractivity contribution in [2.45, 2.75) is 19.4 Å². The van der Waals surface area contributed by atoms with Crippen molar-refractivity contribution in [3.63, 3.8) is 0 Å². The van der Waals surface area contributed by atoms with Gasteiger partial charge in [-0.05, 0) is 19.9 Å². The van der Waals surface area contributed by atoms with Crippen LogP contribution in [0.2, 0.25) is 0 Å². The van der Waals surface area contributed by atoms with Crippen molar-refractivity contribution in [3.8, 4) is 0 Å². The van der Waals surface area contributed by atoms with Crippen LogP contribution in [0, 0.1) is 10.1 Å². The summed E-state index contributed by atoms with van der Waals surface area (Å²) in [5, 5.41) is 22.5. The Morgan fingerprint density at radius 2 is 2.29 bits per heavy atom. The highest BCUT2D eigenvalue weighted by Crippen LogP contribution is 2.15. The predicted octanol–water partition coefficient (Wildman–Crippen LogP) is 0.491. The molecule has 0 bridgehead atoms. The Morgan fingerprint density at radius 3 is 2.82 bits per heavy atom. The SMILES string of the molecule is CC(C)(O)CNC(=O)c1ccncc1[N+](=O)[O-]. The van der Waals surface area contributed by atoms with Crippen LogP contribution in [-0.4, -0.2) is 33.1 Å². The maximum atomic E-state index is 11.7. The van der Waals surface area contributed by atoms with E-state index in [9.17, 15) is 20.0 Å². The molecule has 0 saturated heterocycles. The number of aliphatic hydroxyl groups is 1. The lowest BCUT2D eigenvalue weighted by Crippen LogP contribution is -2.38. The zero-order valence-corrected chi connectivity index (χ0v) is 9.51. The van der Waals surface area contributed by atoms with Crippen molar-refractivity contribution in [2.24, 2.45) is 0 Å². The van der Waals surface area contributed by atoms with Crippen LogP contribution in [-0.2, 0) is 0 Å². The van der Waals surface area contributed by atoms with Crippen LogP contribution in [0.3, 0.4) is 0 Å². The van der Waals surface area contributed by atoms with Crippen molar-refractivity contribution in [2.75, 3.05) is 6.54 Å². The largest absolute Gasteiger partial charge is 0.389 e. The van der Waals surface area contributed by atoms with Gasteiger partial charge < -0.3 is 10.4 Å². The molecular formula is C10H13N3O4. The Kier molecular flexibility index (Phi) is 3.74. The first kappa shape index (κ1) is 13.0. The molecule has 0 aliphatic rings. The van der Waals surface area contributed by atoms with Crippen LogP contribution in [0.4, 0.5) is 5.69 Å². The number of rotatable bonds is 4. The van der Waals surface area contributed by atoms with Crippen molar-refractivity contribution >= 4 is 11.6 Å². The molecule has 2 N–H and O–H groups in total. The monoisotopic (exact) mass is 239 g/mol. The fourth-order valence-corrected chi connectivity index (χ4v) is 1.12. The molecule has 0 unspecified atom stereocenters. The molecule has 1 heterocycles. The lowest BCUT2D eigenvalue weighted by Gasteiger charge is -2.17. The van der Waals surface area contributed by atoms with E-state index in [2.05, 4.69) is 10.3 Å². The summed E-state index contributed by atoms with van der Waals surface area (Å²) in [6.45, 7) is 3.05. The van der Waals surface area contributed by atoms with Crippen LogP contribution in [0.5, 0.6) is 0 Å². The highest BCUT2D eigenvalue weighted by atomic mass is 16.6. The number of amides is 1. The second kappa shape index (κ2) is 4.88. The molecule has 0 atom stereocenters. The third-order valence-electron chi connectivity index (χ3n) is 1.92. The number of hydrogen-bond acceptors (Lipinski definition) is 5. The van der Waals surface area contributed by atoms with Gasteiger partial charge in [0.1, 0.15) is 11.8 Å². The van der Waals surface area contributed by atoms with Gasteiger partial charge in [0, 0.05) is 12.7 Å². The Labute approximate surface area is 97.6 Å². The van der Waals surface area contributed by atoms with Gasteiger partial charge >= 0.3 is 0 Å². The van der Waals surface area contributed by atoms with Crippen molar-refractivity contribution < 1.29 is 14.8 Å². The minimum absolute atomic E-state index is 0.00527. The molecule has 0 saturated carbocycles. The number of nitro groups is 1. The number of hydrogen-bond donors (Lipinski definition) is 2. The summed E-state index contributed by atoms with van der Waals surface area (Å²) in [5.41, 5.74) is -1.51. The molecule has 0 aliphatic heterocycles. The maximum absolute atomic E-state index is 11.7. The normalized spacial score (nSPS) is 11.0. The summed E-state index contributed by atoms with van der Waals surface area (Å²) < 4.78 is 0. The molecule has 0 fully saturated rings. The Balaban J connectivity index is 2.86. The van der Waals surface area contributed by atoms with E-state index in [1.54, 1.807) is 0 Å². The van der Waals surface area contributed by atoms with E-state index < -0.39 is 16.4 Å². The molecule has 1 rings (SSSR count). The van der Waals surface area contributed by atoms with E-state index in [1.807, 2.05) is 0 Å². The molecule has 92 valence electrons. The highest BCUT2D eigenvalue weighted by Gasteiger charge is 2.21. The zero-order chi connectivity index (χ0) is 13.1. The van der Waals surface area contributed by atoms with Gasteiger partial charge in [-0.25, -0.2) is 0 Å². The van der Waals surface area contributed by atoms with Crippen LogP contribution in [0.1, 0.15) is 24.2 Å².